The second kappa shape index (κ2) is 8.08. The highest BCUT2D eigenvalue weighted by Gasteiger charge is 2.41. The van der Waals surface area contributed by atoms with Gasteiger partial charge in [-0.25, -0.2) is 4.68 Å². The molecule has 0 saturated carbocycles. The molecule has 1 aromatic heterocycles. The zero-order chi connectivity index (χ0) is 23.4. The monoisotopic (exact) mass is 490 g/mol. The van der Waals surface area contributed by atoms with E-state index in [1.807, 2.05) is 35.0 Å². The van der Waals surface area contributed by atoms with Crippen LogP contribution in [0.5, 0.6) is 11.5 Å². The molecule has 4 aromatic rings. The molecule has 0 saturated heterocycles. The van der Waals surface area contributed by atoms with Crippen LogP contribution in [0.4, 0.5) is 5.95 Å². The summed E-state index contributed by atoms with van der Waals surface area (Å²) in [6.45, 7) is 2.07. The molecule has 0 spiro atoms. The first-order valence-electron chi connectivity index (χ1n) is 10.8. The van der Waals surface area contributed by atoms with E-state index in [0.29, 0.717) is 16.0 Å². The van der Waals surface area contributed by atoms with Gasteiger partial charge in [0.25, 0.3) is 0 Å². The van der Waals surface area contributed by atoms with Gasteiger partial charge in [0, 0.05) is 26.7 Å². The van der Waals surface area contributed by atoms with Crippen LogP contribution in [0.3, 0.4) is 0 Å². The smallest absolute Gasteiger partial charge is 0.226 e. The molecule has 3 aromatic carbocycles. The summed E-state index contributed by atoms with van der Waals surface area (Å²) < 4.78 is 14.0. The van der Waals surface area contributed by atoms with E-state index >= 15 is 0 Å². The van der Waals surface area contributed by atoms with Crippen molar-refractivity contribution in [3.63, 3.8) is 0 Å². The molecule has 2 atom stereocenters. The number of anilines is 1. The zero-order valence-corrected chi connectivity index (χ0v) is 19.9. The Labute approximate surface area is 206 Å². The number of rotatable bonds is 3. The number of nitrogens with one attached hydrogen (secondary N) is 1. The number of fused-ring (bicyclic) bond motifs is 3. The van der Waals surface area contributed by atoms with Gasteiger partial charge in [-0.2, -0.15) is 10.1 Å². The van der Waals surface area contributed by atoms with Crippen LogP contribution in [-0.4, -0.2) is 21.9 Å². The Balaban J connectivity index is 1.64. The van der Waals surface area contributed by atoms with Crippen molar-refractivity contribution in [2.45, 2.75) is 19.1 Å². The molecule has 34 heavy (non-hydrogen) atoms. The van der Waals surface area contributed by atoms with Crippen LogP contribution < -0.4 is 14.8 Å². The van der Waals surface area contributed by atoms with E-state index in [1.165, 1.54) is 5.56 Å². The van der Waals surface area contributed by atoms with Crippen molar-refractivity contribution in [1.29, 1.82) is 0 Å². The second-order valence-electron chi connectivity index (χ2n) is 8.32. The van der Waals surface area contributed by atoms with Crippen LogP contribution in [-0.2, 0) is 0 Å². The third-order valence-corrected chi connectivity index (χ3v) is 6.82. The molecule has 170 valence electrons. The molecule has 8 heteroatoms. The molecule has 2 aliphatic heterocycles. The molecule has 6 rings (SSSR count). The molecule has 6 nitrogen and oxygen atoms in total. The minimum absolute atomic E-state index is 0.259. The molecule has 2 unspecified atom stereocenters. The Bertz CT molecular complexity index is 1450. The molecule has 0 aliphatic carbocycles. The predicted molar refractivity (Wildman–Crippen MR) is 133 cm³/mol. The predicted octanol–water partition coefficient (Wildman–Crippen LogP) is 6.46. The Morgan fingerprint density at radius 2 is 1.85 bits per heavy atom. The average molecular weight is 491 g/mol. The highest BCUT2D eigenvalue weighted by atomic mass is 35.5. The minimum Gasteiger partial charge on any atom is -0.497 e. The van der Waals surface area contributed by atoms with E-state index in [2.05, 4.69) is 46.6 Å². The first-order valence-corrected chi connectivity index (χ1v) is 11.6. The molecule has 0 fully saturated rings. The van der Waals surface area contributed by atoms with Crippen molar-refractivity contribution in [3.8, 4) is 11.5 Å². The summed E-state index contributed by atoms with van der Waals surface area (Å²) in [5, 5.41) is 9.15. The molecule has 0 bridgehead atoms. The molecular weight excluding hydrogens is 471 g/mol. The summed E-state index contributed by atoms with van der Waals surface area (Å²) in [6.07, 6.45) is 1.08. The van der Waals surface area contributed by atoms with Crippen LogP contribution in [0, 0.1) is 6.92 Å². The first kappa shape index (κ1) is 21.1. The van der Waals surface area contributed by atoms with Gasteiger partial charge in [0.1, 0.15) is 23.9 Å². The third-order valence-electron chi connectivity index (χ3n) is 6.26. The topological polar surface area (TPSA) is 61.2 Å². The first-order chi connectivity index (χ1) is 16.5. The van der Waals surface area contributed by atoms with Gasteiger partial charge in [-0.1, -0.05) is 59.1 Å². The maximum Gasteiger partial charge on any atom is 0.226 e. The lowest BCUT2D eigenvalue weighted by atomic mass is 9.84. The van der Waals surface area contributed by atoms with Gasteiger partial charge in [-0.15, -0.1) is 0 Å². The number of hydrogen-bond donors (Lipinski definition) is 1. The van der Waals surface area contributed by atoms with Gasteiger partial charge >= 0.3 is 0 Å². The number of benzene rings is 3. The maximum atomic E-state index is 6.70. The van der Waals surface area contributed by atoms with Gasteiger partial charge in [-0.05, 0) is 42.8 Å². The molecule has 2 aliphatic rings. The number of ether oxygens (including phenoxy) is 2. The zero-order valence-electron chi connectivity index (χ0n) is 18.4. The van der Waals surface area contributed by atoms with E-state index in [9.17, 15) is 0 Å². The molecule has 0 radical (unpaired) electrons. The third kappa shape index (κ3) is 3.33. The van der Waals surface area contributed by atoms with Crippen molar-refractivity contribution in [3.05, 3.63) is 105 Å². The quantitative estimate of drug-likeness (QED) is 0.356. The standard InChI is InChI=1S/C26H20Cl2N4O2/c1-14-3-5-15(6-4-14)24-22-23(31-26-29-13-30-32(24)26)19-12-17(33-2)8-10-21(19)34-25(22)18-9-7-16(27)11-20(18)28/h3-13,24-25H,1-2H3,(H,29,30,31). The van der Waals surface area contributed by atoms with E-state index in [1.54, 1.807) is 19.5 Å². The SMILES string of the molecule is COc1ccc2c(c1)C1=C(C(c3ccc(Cl)cc3Cl)O2)C(c2ccc(C)cc2)n2ncnc2N1. The van der Waals surface area contributed by atoms with Crippen LogP contribution in [0.2, 0.25) is 10.0 Å². The largest absolute Gasteiger partial charge is 0.497 e. The van der Waals surface area contributed by atoms with Crippen molar-refractivity contribution >= 4 is 34.8 Å². The lowest BCUT2D eigenvalue weighted by molar-refractivity contribution is 0.223. The summed E-state index contributed by atoms with van der Waals surface area (Å²) >= 11 is 12.9. The van der Waals surface area contributed by atoms with E-state index in [4.69, 9.17) is 32.7 Å². The Morgan fingerprint density at radius 1 is 1.03 bits per heavy atom. The van der Waals surface area contributed by atoms with Crippen LogP contribution >= 0.6 is 23.2 Å². The fraction of sp³-hybridized carbons (Fsp3) is 0.154. The second-order valence-corrected chi connectivity index (χ2v) is 9.17. The van der Waals surface area contributed by atoms with Gasteiger partial charge in [0.05, 0.1) is 12.8 Å². The number of halogens is 2. The molecule has 1 N–H and O–H groups in total. The summed E-state index contributed by atoms with van der Waals surface area (Å²) in [5.41, 5.74) is 5.84. The van der Waals surface area contributed by atoms with E-state index in [-0.39, 0.29) is 6.04 Å². The number of hydrogen-bond acceptors (Lipinski definition) is 5. The van der Waals surface area contributed by atoms with Crippen molar-refractivity contribution in [2.24, 2.45) is 0 Å². The van der Waals surface area contributed by atoms with Gasteiger partial charge < -0.3 is 14.8 Å². The number of nitrogens with zero attached hydrogens (tertiary/aromatic N) is 3. The molecule has 0 amide bonds. The number of aromatic nitrogens is 3. The molecular formula is C26H20Cl2N4O2. The van der Waals surface area contributed by atoms with E-state index < -0.39 is 6.10 Å². The van der Waals surface area contributed by atoms with Crippen molar-refractivity contribution in [1.82, 2.24) is 14.8 Å². The number of methoxy groups -OCH3 is 1. The lowest BCUT2D eigenvalue weighted by Crippen LogP contribution is -2.32. The van der Waals surface area contributed by atoms with Crippen LogP contribution in [0.25, 0.3) is 5.70 Å². The number of aryl methyl sites for hydroxylation is 1. The van der Waals surface area contributed by atoms with Gasteiger partial charge in [-0.3, -0.25) is 0 Å². The van der Waals surface area contributed by atoms with Gasteiger partial charge in [0.15, 0.2) is 6.10 Å². The molecule has 3 heterocycles. The van der Waals surface area contributed by atoms with Crippen molar-refractivity contribution < 1.29 is 9.47 Å². The summed E-state index contributed by atoms with van der Waals surface area (Å²) in [7, 11) is 1.65. The average Bonchev–Trinajstić information content (AvgIpc) is 3.31. The fourth-order valence-corrected chi connectivity index (χ4v) is 5.13. The summed E-state index contributed by atoms with van der Waals surface area (Å²) in [4.78, 5) is 4.47. The van der Waals surface area contributed by atoms with Crippen molar-refractivity contribution in [2.75, 3.05) is 12.4 Å². The van der Waals surface area contributed by atoms with Crippen LogP contribution in [0.1, 0.15) is 34.4 Å². The normalized spacial score (nSPS) is 18.4. The maximum absolute atomic E-state index is 6.70. The van der Waals surface area contributed by atoms with E-state index in [0.717, 1.165) is 39.5 Å². The summed E-state index contributed by atoms with van der Waals surface area (Å²) in [6, 6.07) is 19.4. The highest BCUT2D eigenvalue weighted by Crippen LogP contribution is 2.52. The fourth-order valence-electron chi connectivity index (χ4n) is 4.62. The Kier molecular flexibility index (Phi) is 5.01. The lowest BCUT2D eigenvalue weighted by Gasteiger charge is -2.39. The van der Waals surface area contributed by atoms with Gasteiger partial charge in [0.2, 0.25) is 5.95 Å². The highest BCUT2D eigenvalue weighted by molar-refractivity contribution is 6.35. The Hall–Kier alpha value is -3.48. The van der Waals surface area contributed by atoms with Crippen LogP contribution in [0.15, 0.2) is 72.6 Å². The Morgan fingerprint density at radius 3 is 2.62 bits per heavy atom. The minimum atomic E-state index is -0.475. The summed E-state index contributed by atoms with van der Waals surface area (Å²) in [5.74, 6) is 2.11.